The molecule has 0 amide bonds. The van der Waals surface area contributed by atoms with Crippen LogP contribution in [0.15, 0.2) is 35.4 Å². The van der Waals surface area contributed by atoms with Crippen molar-refractivity contribution in [2.24, 2.45) is 0 Å². The highest BCUT2D eigenvalue weighted by atomic mass is 32.2. The van der Waals surface area contributed by atoms with Crippen LogP contribution in [-0.2, 0) is 10.0 Å². The van der Waals surface area contributed by atoms with Gasteiger partial charge in [-0.2, -0.15) is 0 Å². The van der Waals surface area contributed by atoms with E-state index in [4.69, 9.17) is 5.73 Å². The van der Waals surface area contributed by atoms with Crippen LogP contribution in [0.1, 0.15) is 16.8 Å². The van der Waals surface area contributed by atoms with Crippen LogP contribution in [0.25, 0.3) is 0 Å². The smallest absolute Gasteiger partial charge is 0.264 e. The molecule has 0 unspecified atom stereocenters. The molecule has 0 aliphatic carbocycles. The van der Waals surface area contributed by atoms with Crippen molar-refractivity contribution in [1.29, 1.82) is 0 Å². The molecular formula is C14H17N3O2S. The summed E-state index contributed by atoms with van der Waals surface area (Å²) in [5, 5.41) is 0. The van der Waals surface area contributed by atoms with Crippen molar-refractivity contribution in [3.05, 3.63) is 47.3 Å². The van der Waals surface area contributed by atoms with E-state index in [1.165, 1.54) is 6.20 Å². The number of nitrogens with one attached hydrogen (secondary N) is 1. The standard InChI is InChI=1S/C14H17N3O2S/c1-9-6-13(15)14(7-10(9)2)20(18,19)17-12-5-4-11(3)16-8-12/h4-8,17H,15H2,1-3H3. The van der Waals surface area contributed by atoms with E-state index in [9.17, 15) is 8.42 Å². The molecule has 1 aromatic heterocycles. The zero-order valence-electron chi connectivity index (χ0n) is 11.6. The van der Waals surface area contributed by atoms with Gasteiger partial charge < -0.3 is 5.73 Å². The van der Waals surface area contributed by atoms with Gasteiger partial charge in [-0.15, -0.1) is 0 Å². The first kappa shape index (κ1) is 14.3. The molecule has 0 atom stereocenters. The second-order valence-corrected chi connectivity index (χ2v) is 6.42. The summed E-state index contributed by atoms with van der Waals surface area (Å²) in [7, 11) is -3.71. The van der Waals surface area contributed by atoms with Crippen molar-refractivity contribution in [3.8, 4) is 0 Å². The summed E-state index contributed by atoms with van der Waals surface area (Å²) in [6.07, 6.45) is 1.48. The maximum absolute atomic E-state index is 12.4. The Morgan fingerprint density at radius 2 is 1.75 bits per heavy atom. The number of sulfonamides is 1. The minimum atomic E-state index is -3.71. The Morgan fingerprint density at radius 1 is 1.10 bits per heavy atom. The fraction of sp³-hybridized carbons (Fsp3) is 0.214. The molecule has 1 heterocycles. The average molecular weight is 291 g/mol. The van der Waals surface area contributed by atoms with Crippen molar-refractivity contribution in [1.82, 2.24) is 4.98 Å². The third-order valence-electron chi connectivity index (χ3n) is 3.08. The molecule has 5 nitrogen and oxygen atoms in total. The molecule has 0 fully saturated rings. The highest BCUT2D eigenvalue weighted by molar-refractivity contribution is 7.92. The number of nitrogens with zero attached hydrogens (tertiary/aromatic N) is 1. The minimum Gasteiger partial charge on any atom is -0.398 e. The van der Waals surface area contributed by atoms with Gasteiger partial charge in [0.25, 0.3) is 10.0 Å². The van der Waals surface area contributed by atoms with E-state index in [0.717, 1.165) is 16.8 Å². The van der Waals surface area contributed by atoms with E-state index in [1.54, 1.807) is 24.3 Å². The predicted octanol–water partition coefficient (Wildman–Crippen LogP) is 2.39. The van der Waals surface area contributed by atoms with E-state index in [1.807, 2.05) is 20.8 Å². The van der Waals surface area contributed by atoms with Gasteiger partial charge in [0.05, 0.1) is 17.6 Å². The lowest BCUT2D eigenvalue weighted by Gasteiger charge is -2.12. The molecular weight excluding hydrogens is 274 g/mol. The summed E-state index contributed by atoms with van der Waals surface area (Å²) in [4.78, 5) is 4.14. The van der Waals surface area contributed by atoms with Gasteiger partial charge >= 0.3 is 0 Å². The first-order valence-corrected chi connectivity index (χ1v) is 7.60. The zero-order chi connectivity index (χ0) is 14.9. The largest absolute Gasteiger partial charge is 0.398 e. The average Bonchev–Trinajstić information content (AvgIpc) is 2.36. The molecule has 0 saturated carbocycles. The van der Waals surface area contributed by atoms with Crippen molar-refractivity contribution >= 4 is 21.4 Å². The first-order valence-electron chi connectivity index (χ1n) is 6.12. The Labute approximate surface area is 118 Å². The predicted molar refractivity (Wildman–Crippen MR) is 80.1 cm³/mol. The van der Waals surface area contributed by atoms with E-state index in [2.05, 4.69) is 9.71 Å². The van der Waals surface area contributed by atoms with Gasteiger partial charge in [0.1, 0.15) is 4.90 Å². The number of anilines is 2. The van der Waals surface area contributed by atoms with Gasteiger partial charge in [0.15, 0.2) is 0 Å². The van der Waals surface area contributed by atoms with Crippen LogP contribution < -0.4 is 10.5 Å². The van der Waals surface area contributed by atoms with Crippen LogP contribution in [-0.4, -0.2) is 13.4 Å². The molecule has 0 saturated heterocycles. The quantitative estimate of drug-likeness (QED) is 0.850. The van der Waals surface area contributed by atoms with Crippen molar-refractivity contribution in [3.63, 3.8) is 0 Å². The second kappa shape index (κ2) is 5.13. The number of hydrogen-bond acceptors (Lipinski definition) is 4. The van der Waals surface area contributed by atoms with E-state index in [-0.39, 0.29) is 10.6 Å². The molecule has 0 aliphatic heterocycles. The van der Waals surface area contributed by atoms with E-state index >= 15 is 0 Å². The Hall–Kier alpha value is -2.08. The van der Waals surface area contributed by atoms with Crippen molar-refractivity contribution in [2.45, 2.75) is 25.7 Å². The molecule has 0 aliphatic rings. The van der Waals surface area contributed by atoms with Crippen LogP contribution >= 0.6 is 0 Å². The number of hydrogen-bond donors (Lipinski definition) is 2. The SMILES string of the molecule is Cc1ccc(NS(=O)(=O)c2cc(C)c(C)cc2N)cn1. The minimum absolute atomic E-state index is 0.0844. The van der Waals surface area contributed by atoms with Gasteiger partial charge in [-0.3, -0.25) is 9.71 Å². The number of benzene rings is 1. The van der Waals surface area contributed by atoms with Gasteiger partial charge in [0, 0.05) is 5.69 Å². The molecule has 0 spiro atoms. The second-order valence-electron chi connectivity index (χ2n) is 4.77. The number of pyridine rings is 1. The highest BCUT2D eigenvalue weighted by Crippen LogP contribution is 2.24. The topological polar surface area (TPSA) is 85.1 Å². The summed E-state index contributed by atoms with van der Waals surface area (Å²) in [6, 6.07) is 6.64. The molecule has 6 heteroatoms. The number of rotatable bonds is 3. The Balaban J connectivity index is 2.40. The maximum Gasteiger partial charge on any atom is 0.264 e. The number of nitrogen functional groups attached to an aromatic ring is 1. The van der Waals surface area contributed by atoms with Crippen LogP contribution in [0.5, 0.6) is 0 Å². The Bertz CT molecular complexity index is 738. The molecule has 1 aromatic carbocycles. The zero-order valence-corrected chi connectivity index (χ0v) is 12.5. The summed E-state index contributed by atoms with van der Waals surface area (Å²) < 4.78 is 27.2. The van der Waals surface area contributed by atoms with Crippen molar-refractivity contribution < 1.29 is 8.42 Å². The number of nitrogens with two attached hydrogens (primary N) is 1. The van der Waals surface area contributed by atoms with Gasteiger partial charge in [-0.25, -0.2) is 8.42 Å². The molecule has 2 aromatic rings. The summed E-state index contributed by atoms with van der Waals surface area (Å²) in [6.45, 7) is 5.57. The lowest BCUT2D eigenvalue weighted by molar-refractivity contribution is 0.601. The summed E-state index contributed by atoms with van der Waals surface area (Å²) in [5.74, 6) is 0. The van der Waals surface area contributed by atoms with Crippen LogP contribution in [0.4, 0.5) is 11.4 Å². The summed E-state index contributed by atoms with van der Waals surface area (Å²) in [5.41, 5.74) is 9.12. The molecule has 2 rings (SSSR count). The third kappa shape index (κ3) is 2.91. The van der Waals surface area contributed by atoms with Crippen LogP contribution in [0.2, 0.25) is 0 Å². The Kier molecular flexibility index (Phi) is 3.67. The lowest BCUT2D eigenvalue weighted by Crippen LogP contribution is -2.15. The number of aromatic nitrogens is 1. The molecule has 3 N–H and O–H groups in total. The lowest BCUT2D eigenvalue weighted by atomic mass is 10.1. The molecule has 106 valence electrons. The highest BCUT2D eigenvalue weighted by Gasteiger charge is 2.18. The number of aryl methyl sites for hydroxylation is 3. The first-order chi connectivity index (χ1) is 9.29. The van der Waals surface area contributed by atoms with Gasteiger partial charge in [-0.1, -0.05) is 0 Å². The van der Waals surface area contributed by atoms with E-state index in [0.29, 0.717) is 5.69 Å². The normalized spacial score (nSPS) is 11.3. The van der Waals surface area contributed by atoms with Gasteiger partial charge in [0.2, 0.25) is 0 Å². The fourth-order valence-corrected chi connectivity index (χ4v) is 3.03. The molecule has 0 radical (unpaired) electrons. The Morgan fingerprint density at radius 3 is 2.35 bits per heavy atom. The van der Waals surface area contributed by atoms with Crippen LogP contribution in [0, 0.1) is 20.8 Å². The third-order valence-corrected chi connectivity index (χ3v) is 4.52. The van der Waals surface area contributed by atoms with E-state index < -0.39 is 10.0 Å². The maximum atomic E-state index is 12.4. The molecule has 0 bridgehead atoms. The van der Waals surface area contributed by atoms with Gasteiger partial charge in [-0.05, 0) is 56.2 Å². The molecule has 20 heavy (non-hydrogen) atoms. The summed E-state index contributed by atoms with van der Waals surface area (Å²) >= 11 is 0. The monoisotopic (exact) mass is 291 g/mol. The fourth-order valence-electron chi connectivity index (χ4n) is 1.78. The van der Waals surface area contributed by atoms with Crippen molar-refractivity contribution in [2.75, 3.05) is 10.5 Å². The van der Waals surface area contributed by atoms with Crippen LogP contribution in [0.3, 0.4) is 0 Å².